The summed E-state index contributed by atoms with van der Waals surface area (Å²) < 4.78 is 1.79. The predicted molar refractivity (Wildman–Crippen MR) is 52.9 cm³/mol. The SMILES string of the molecule is NC(=O)c1ccnn1C1CCCCC1. The highest BCUT2D eigenvalue weighted by Gasteiger charge is 2.19. The average Bonchev–Trinajstić information content (AvgIpc) is 2.67. The standard InChI is InChI=1S/C10H15N3O/c11-10(14)9-6-7-12-13(9)8-4-2-1-3-5-8/h6-8H,1-5H2,(H2,11,14). The zero-order chi connectivity index (χ0) is 9.97. The van der Waals surface area contributed by atoms with E-state index in [-0.39, 0.29) is 5.91 Å². The third kappa shape index (κ3) is 1.64. The van der Waals surface area contributed by atoms with Crippen LogP contribution in [0, 0.1) is 0 Å². The Kier molecular flexibility index (Phi) is 2.52. The molecule has 0 unspecified atom stereocenters. The fourth-order valence-electron chi connectivity index (χ4n) is 2.13. The van der Waals surface area contributed by atoms with Crippen LogP contribution in [0.15, 0.2) is 12.3 Å². The van der Waals surface area contributed by atoms with Crippen molar-refractivity contribution >= 4 is 5.91 Å². The molecule has 1 aliphatic carbocycles. The van der Waals surface area contributed by atoms with Crippen LogP contribution in [0.1, 0.15) is 48.6 Å². The summed E-state index contributed by atoms with van der Waals surface area (Å²) >= 11 is 0. The highest BCUT2D eigenvalue weighted by molar-refractivity contribution is 5.90. The number of hydrogen-bond acceptors (Lipinski definition) is 2. The van der Waals surface area contributed by atoms with Gasteiger partial charge in [0.25, 0.3) is 5.91 Å². The van der Waals surface area contributed by atoms with Gasteiger partial charge < -0.3 is 5.73 Å². The predicted octanol–water partition coefficient (Wildman–Crippen LogP) is 1.49. The zero-order valence-corrected chi connectivity index (χ0v) is 8.15. The summed E-state index contributed by atoms with van der Waals surface area (Å²) in [5.74, 6) is -0.381. The Morgan fingerprint density at radius 3 is 2.79 bits per heavy atom. The van der Waals surface area contributed by atoms with Crippen molar-refractivity contribution in [1.29, 1.82) is 0 Å². The summed E-state index contributed by atoms with van der Waals surface area (Å²) in [5, 5.41) is 4.18. The summed E-state index contributed by atoms with van der Waals surface area (Å²) in [6.45, 7) is 0. The number of carbonyl (C=O) groups excluding carboxylic acids is 1. The number of nitrogens with zero attached hydrogens (tertiary/aromatic N) is 2. The maximum absolute atomic E-state index is 11.1. The van der Waals surface area contributed by atoms with Gasteiger partial charge in [0.05, 0.1) is 6.04 Å². The van der Waals surface area contributed by atoms with Crippen LogP contribution >= 0.6 is 0 Å². The Morgan fingerprint density at radius 1 is 1.43 bits per heavy atom. The summed E-state index contributed by atoms with van der Waals surface area (Å²) in [4.78, 5) is 11.1. The largest absolute Gasteiger partial charge is 0.364 e. The van der Waals surface area contributed by atoms with Crippen LogP contribution in [-0.2, 0) is 0 Å². The maximum atomic E-state index is 11.1. The van der Waals surface area contributed by atoms with Gasteiger partial charge in [-0.3, -0.25) is 9.48 Å². The van der Waals surface area contributed by atoms with Gasteiger partial charge in [0.2, 0.25) is 0 Å². The molecule has 0 saturated heterocycles. The van der Waals surface area contributed by atoms with E-state index in [1.54, 1.807) is 16.9 Å². The number of aromatic nitrogens is 2. The van der Waals surface area contributed by atoms with E-state index in [1.165, 1.54) is 19.3 Å². The fraction of sp³-hybridized carbons (Fsp3) is 0.600. The molecule has 0 aromatic carbocycles. The van der Waals surface area contributed by atoms with Crippen LogP contribution in [0.2, 0.25) is 0 Å². The van der Waals surface area contributed by atoms with Gasteiger partial charge >= 0.3 is 0 Å². The van der Waals surface area contributed by atoms with E-state index >= 15 is 0 Å². The third-order valence-corrected chi connectivity index (χ3v) is 2.84. The lowest BCUT2D eigenvalue weighted by Gasteiger charge is -2.23. The van der Waals surface area contributed by atoms with Gasteiger partial charge in [-0.05, 0) is 18.9 Å². The van der Waals surface area contributed by atoms with Crippen LogP contribution in [0.4, 0.5) is 0 Å². The van der Waals surface area contributed by atoms with Gasteiger partial charge in [-0.2, -0.15) is 5.10 Å². The van der Waals surface area contributed by atoms with Crippen molar-refractivity contribution in [3.8, 4) is 0 Å². The van der Waals surface area contributed by atoms with E-state index in [2.05, 4.69) is 5.10 Å². The van der Waals surface area contributed by atoms with Gasteiger partial charge in [-0.25, -0.2) is 0 Å². The monoisotopic (exact) mass is 193 g/mol. The van der Waals surface area contributed by atoms with Crippen molar-refractivity contribution in [3.05, 3.63) is 18.0 Å². The molecule has 0 bridgehead atoms. The van der Waals surface area contributed by atoms with Gasteiger partial charge in [0.1, 0.15) is 5.69 Å². The molecule has 0 aliphatic heterocycles. The van der Waals surface area contributed by atoms with Gasteiger partial charge in [0.15, 0.2) is 0 Å². The first-order valence-corrected chi connectivity index (χ1v) is 5.12. The molecule has 1 aromatic heterocycles. The molecule has 0 spiro atoms. The van der Waals surface area contributed by atoms with Crippen molar-refractivity contribution in [1.82, 2.24) is 9.78 Å². The maximum Gasteiger partial charge on any atom is 0.266 e. The van der Waals surface area contributed by atoms with Gasteiger partial charge in [0, 0.05) is 6.20 Å². The number of rotatable bonds is 2. The van der Waals surface area contributed by atoms with Crippen molar-refractivity contribution in [2.75, 3.05) is 0 Å². The first-order chi connectivity index (χ1) is 6.79. The lowest BCUT2D eigenvalue weighted by Crippen LogP contribution is -2.22. The molecular formula is C10H15N3O. The molecule has 4 nitrogen and oxygen atoms in total. The number of primary amides is 1. The quantitative estimate of drug-likeness (QED) is 0.773. The highest BCUT2D eigenvalue weighted by Crippen LogP contribution is 2.28. The average molecular weight is 193 g/mol. The van der Waals surface area contributed by atoms with Crippen molar-refractivity contribution in [3.63, 3.8) is 0 Å². The molecule has 1 saturated carbocycles. The van der Waals surface area contributed by atoms with Crippen molar-refractivity contribution in [2.24, 2.45) is 5.73 Å². The Bertz CT molecular complexity index is 326. The summed E-state index contributed by atoms with van der Waals surface area (Å²) in [5.41, 5.74) is 5.80. The van der Waals surface area contributed by atoms with E-state index in [1.807, 2.05) is 0 Å². The minimum atomic E-state index is -0.381. The third-order valence-electron chi connectivity index (χ3n) is 2.84. The van der Waals surface area contributed by atoms with E-state index < -0.39 is 0 Å². The van der Waals surface area contributed by atoms with E-state index in [0.717, 1.165) is 12.8 Å². The Labute approximate surface area is 83.1 Å². The molecule has 1 fully saturated rings. The molecule has 76 valence electrons. The highest BCUT2D eigenvalue weighted by atomic mass is 16.1. The number of nitrogens with two attached hydrogens (primary N) is 1. The van der Waals surface area contributed by atoms with Crippen LogP contribution in [-0.4, -0.2) is 15.7 Å². The normalized spacial score (nSPS) is 18.3. The molecular weight excluding hydrogens is 178 g/mol. The lowest BCUT2D eigenvalue weighted by molar-refractivity contribution is 0.0985. The summed E-state index contributed by atoms with van der Waals surface area (Å²) in [6.07, 6.45) is 7.62. The second-order valence-corrected chi connectivity index (χ2v) is 3.82. The first kappa shape index (κ1) is 9.24. The van der Waals surface area contributed by atoms with Gasteiger partial charge in [-0.15, -0.1) is 0 Å². The lowest BCUT2D eigenvalue weighted by atomic mass is 9.95. The molecule has 1 aliphatic rings. The van der Waals surface area contributed by atoms with E-state index in [9.17, 15) is 4.79 Å². The molecule has 1 amide bonds. The minimum absolute atomic E-state index is 0.376. The van der Waals surface area contributed by atoms with Gasteiger partial charge in [-0.1, -0.05) is 19.3 Å². The molecule has 1 aromatic rings. The Morgan fingerprint density at radius 2 is 2.14 bits per heavy atom. The van der Waals surface area contributed by atoms with Crippen LogP contribution < -0.4 is 5.73 Å². The van der Waals surface area contributed by atoms with Crippen molar-refractivity contribution < 1.29 is 4.79 Å². The molecule has 14 heavy (non-hydrogen) atoms. The van der Waals surface area contributed by atoms with E-state index in [4.69, 9.17) is 5.73 Å². The molecule has 1 heterocycles. The molecule has 2 rings (SSSR count). The number of amides is 1. The number of hydrogen-bond donors (Lipinski definition) is 1. The second kappa shape index (κ2) is 3.82. The molecule has 0 atom stereocenters. The van der Waals surface area contributed by atoms with E-state index in [0.29, 0.717) is 11.7 Å². The van der Waals surface area contributed by atoms with Crippen LogP contribution in [0.3, 0.4) is 0 Å². The fourth-order valence-corrected chi connectivity index (χ4v) is 2.13. The molecule has 2 N–H and O–H groups in total. The van der Waals surface area contributed by atoms with Crippen LogP contribution in [0.25, 0.3) is 0 Å². The smallest absolute Gasteiger partial charge is 0.266 e. The second-order valence-electron chi connectivity index (χ2n) is 3.82. The zero-order valence-electron chi connectivity index (χ0n) is 8.15. The van der Waals surface area contributed by atoms with Crippen molar-refractivity contribution in [2.45, 2.75) is 38.1 Å². The topological polar surface area (TPSA) is 60.9 Å². The first-order valence-electron chi connectivity index (χ1n) is 5.12. The number of carbonyl (C=O) groups is 1. The Hall–Kier alpha value is -1.32. The minimum Gasteiger partial charge on any atom is -0.364 e. The van der Waals surface area contributed by atoms with Crippen LogP contribution in [0.5, 0.6) is 0 Å². The summed E-state index contributed by atoms with van der Waals surface area (Å²) in [6, 6.07) is 2.07. The summed E-state index contributed by atoms with van der Waals surface area (Å²) in [7, 11) is 0. The molecule has 0 radical (unpaired) electrons. The molecule has 4 heteroatoms. The Balaban J connectivity index is 2.21.